The fraction of sp³-hybridized carbons (Fsp3) is 0.474. The highest BCUT2D eigenvalue weighted by molar-refractivity contribution is 7.19. The molecule has 0 radical (unpaired) electrons. The largest absolute Gasteiger partial charge is 0.306 e. The molecule has 0 fully saturated rings. The molecule has 1 aromatic heterocycles. The minimum Gasteiger partial charge on any atom is -0.306 e. The summed E-state index contributed by atoms with van der Waals surface area (Å²) in [5.74, 6) is 0. The summed E-state index contributed by atoms with van der Waals surface area (Å²) in [4.78, 5) is 1.48. The minimum atomic E-state index is 0.422. The maximum absolute atomic E-state index is 3.72. The molecular weight excluding hydrogens is 274 g/mol. The van der Waals surface area contributed by atoms with Gasteiger partial charge in [-0.1, -0.05) is 49.6 Å². The lowest BCUT2D eigenvalue weighted by atomic mass is 9.94. The standard InChI is InChI=1S/C19H25NS/c1-2-20-19(15-10-6-4-3-5-7-11-15)18-14-16-12-8-9-13-17(16)21-18/h8-10,12-14,19-20H,2-7,11H2,1H3/b15-10+. The van der Waals surface area contributed by atoms with Gasteiger partial charge in [-0.25, -0.2) is 0 Å². The van der Waals surface area contributed by atoms with Gasteiger partial charge >= 0.3 is 0 Å². The first-order chi connectivity index (χ1) is 10.4. The van der Waals surface area contributed by atoms with Crippen molar-refractivity contribution < 1.29 is 0 Å². The zero-order chi connectivity index (χ0) is 14.5. The van der Waals surface area contributed by atoms with Crippen LogP contribution in [0.2, 0.25) is 0 Å². The van der Waals surface area contributed by atoms with E-state index in [0.717, 1.165) is 6.54 Å². The first-order valence-corrected chi connectivity index (χ1v) is 9.11. The van der Waals surface area contributed by atoms with Crippen LogP contribution in [-0.4, -0.2) is 6.54 Å². The number of allylic oxidation sites excluding steroid dienone is 1. The van der Waals surface area contributed by atoms with Gasteiger partial charge in [-0.2, -0.15) is 0 Å². The van der Waals surface area contributed by atoms with E-state index in [-0.39, 0.29) is 0 Å². The molecule has 0 saturated carbocycles. The van der Waals surface area contributed by atoms with E-state index in [1.165, 1.54) is 53.5 Å². The molecule has 2 heteroatoms. The van der Waals surface area contributed by atoms with E-state index in [9.17, 15) is 0 Å². The number of hydrogen-bond acceptors (Lipinski definition) is 2. The van der Waals surface area contributed by atoms with Gasteiger partial charge in [-0.3, -0.25) is 0 Å². The summed E-state index contributed by atoms with van der Waals surface area (Å²) in [7, 11) is 0. The molecule has 1 nitrogen and oxygen atoms in total. The predicted molar refractivity (Wildman–Crippen MR) is 94.0 cm³/mol. The van der Waals surface area contributed by atoms with Gasteiger partial charge in [0.05, 0.1) is 6.04 Å². The molecule has 0 amide bonds. The van der Waals surface area contributed by atoms with Gasteiger partial charge in [0.25, 0.3) is 0 Å². The number of rotatable bonds is 4. The fourth-order valence-electron chi connectivity index (χ4n) is 3.24. The Kier molecular flexibility index (Phi) is 5.10. The van der Waals surface area contributed by atoms with Crippen LogP contribution in [0.5, 0.6) is 0 Å². The van der Waals surface area contributed by atoms with Gasteiger partial charge < -0.3 is 5.32 Å². The molecule has 0 bridgehead atoms. The molecule has 1 aromatic carbocycles. The smallest absolute Gasteiger partial charge is 0.0630 e. The van der Waals surface area contributed by atoms with Crippen LogP contribution in [0.1, 0.15) is 56.4 Å². The third-order valence-corrected chi connectivity index (χ3v) is 5.52. The van der Waals surface area contributed by atoms with Gasteiger partial charge in [-0.05, 0) is 49.7 Å². The summed E-state index contributed by atoms with van der Waals surface area (Å²) in [6, 6.07) is 11.5. The van der Waals surface area contributed by atoms with E-state index in [1.807, 2.05) is 11.3 Å². The van der Waals surface area contributed by atoms with Gasteiger partial charge in [0.2, 0.25) is 0 Å². The van der Waals surface area contributed by atoms with Crippen molar-refractivity contribution in [1.82, 2.24) is 5.32 Å². The fourth-order valence-corrected chi connectivity index (χ4v) is 4.43. The van der Waals surface area contributed by atoms with Crippen molar-refractivity contribution in [1.29, 1.82) is 0 Å². The monoisotopic (exact) mass is 299 g/mol. The summed E-state index contributed by atoms with van der Waals surface area (Å²) in [5.41, 5.74) is 1.61. The van der Waals surface area contributed by atoms with Gasteiger partial charge in [-0.15, -0.1) is 11.3 Å². The first-order valence-electron chi connectivity index (χ1n) is 8.29. The van der Waals surface area contributed by atoms with Crippen LogP contribution in [0, 0.1) is 0 Å². The second kappa shape index (κ2) is 7.24. The SMILES string of the molecule is CCNC(/C1=C/CCCCCC1)c1cc2ccccc2s1. The van der Waals surface area contributed by atoms with Crippen molar-refractivity contribution in [2.24, 2.45) is 0 Å². The first kappa shape index (κ1) is 14.8. The number of hydrogen-bond donors (Lipinski definition) is 1. The molecule has 0 spiro atoms. The summed E-state index contributed by atoms with van der Waals surface area (Å²) >= 11 is 1.95. The molecule has 112 valence electrons. The van der Waals surface area contributed by atoms with E-state index >= 15 is 0 Å². The topological polar surface area (TPSA) is 12.0 Å². The summed E-state index contributed by atoms with van der Waals surface area (Å²) in [5, 5.41) is 5.10. The lowest BCUT2D eigenvalue weighted by molar-refractivity contribution is 0.559. The summed E-state index contributed by atoms with van der Waals surface area (Å²) in [6.07, 6.45) is 10.5. The molecular formula is C19H25NS. The molecule has 0 aliphatic heterocycles. The third-order valence-electron chi connectivity index (χ3n) is 4.33. The van der Waals surface area contributed by atoms with Gasteiger partial charge in [0.15, 0.2) is 0 Å². The zero-order valence-electron chi connectivity index (χ0n) is 12.9. The van der Waals surface area contributed by atoms with Crippen molar-refractivity contribution in [2.45, 2.75) is 51.5 Å². The van der Waals surface area contributed by atoms with Gasteiger partial charge in [0, 0.05) is 9.58 Å². The molecule has 3 rings (SSSR count). The third kappa shape index (κ3) is 3.56. The Morgan fingerprint density at radius 3 is 2.86 bits per heavy atom. The Labute approximate surface area is 132 Å². The average Bonchev–Trinajstić information content (AvgIpc) is 2.89. The molecule has 1 atom stereocenters. The number of nitrogens with one attached hydrogen (secondary N) is 1. The van der Waals surface area contributed by atoms with Crippen molar-refractivity contribution in [3.8, 4) is 0 Å². The molecule has 21 heavy (non-hydrogen) atoms. The molecule has 1 N–H and O–H groups in total. The van der Waals surface area contributed by atoms with Crippen LogP contribution in [0.3, 0.4) is 0 Å². The predicted octanol–water partition coefficient (Wildman–Crippen LogP) is 5.83. The number of likely N-dealkylation sites (N-methyl/N-ethyl adjacent to an activating group) is 1. The molecule has 1 aliphatic carbocycles. The van der Waals surface area contributed by atoms with Crippen molar-refractivity contribution in [3.05, 3.63) is 46.9 Å². The Morgan fingerprint density at radius 2 is 2.00 bits per heavy atom. The maximum atomic E-state index is 3.72. The maximum Gasteiger partial charge on any atom is 0.0630 e. The van der Waals surface area contributed by atoms with Crippen LogP contribution >= 0.6 is 11.3 Å². The summed E-state index contributed by atoms with van der Waals surface area (Å²) < 4.78 is 1.40. The molecule has 1 heterocycles. The van der Waals surface area contributed by atoms with E-state index in [2.05, 4.69) is 48.6 Å². The van der Waals surface area contributed by atoms with Crippen LogP contribution in [0.4, 0.5) is 0 Å². The second-order valence-electron chi connectivity index (χ2n) is 5.91. The Morgan fingerprint density at radius 1 is 1.14 bits per heavy atom. The Hall–Kier alpha value is -1.12. The van der Waals surface area contributed by atoms with Crippen molar-refractivity contribution >= 4 is 21.4 Å². The molecule has 0 saturated heterocycles. The van der Waals surface area contributed by atoms with Crippen LogP contribution < -0.4 is 5.32 Å². The second-order valence-corrected chi connectivity index (χ2v) is 7.02. The van der Waals surface area contributed by atoms with E-state index in [0.29, 0.717) is 6.04 Å². The van der Waals surface area contributed by atoms with E-state index in [4.69, 9.17) is 0 Å². The average molecular weight is 299 g/mol. The van der Waals surface area contributed by atoms with Crippen LogP contribution in [0.25, 0.3) is 10.1 Å². The minimum absolute atomic E-state index is 0.422. The van der Waals surface area contributed by atoms with Gasteiger partial charge in [0.1, 0.15) is 0 Å². The van der Waals surface area contributed by atoms with Crippen molar-refractivity contribution in [2.75, 3.05) is 6.54 Å². The van der Waals surface area contributed by atoms with E-state index in [1.54, 1.807) is 5.57 Å². The normalized spacial score (nSPS) is 20.5. The highest BCUT2D eigenvalue weighted by atomic mass is 32.1. The quantitative estimate of drug-likeness (QED) is 0.700. The van der Waals surface area contributed by atoms with Crippen LogP contribution in [-0.2, 0) is 0 Å². The Balaban J connectivity index is 1.92. The summed E-state index contributed by atoms with van der Waals surface area (Å²) in [6.45, 7) is 3.24. The zero-order valence-corrected chi connectivity index (χ0v) is 13.7. The lowest BCUT2D eigenvalue weighted by Crippen LogP contribution is -2.22. The molecule has 1 unspecified atom stereocenters. The number of fused-ring (bicyclic) bond motifs is 1. The Bertz CT molecular complexity index is 578. The van der Waals surface area contributed by atoms with Crippen LogP contribution in [0.15, 0.2) is 42.0 Å². The molecule has 2 aromatic rings. The molecule has 1 aliphatic rings. The van der Waals surface area contributed by atoms with Crippen molar-refractivity contribution in [3.63, 3.8) is 0 Å². The highest BCUT2D eigenvalue weighted by Crippen LogP contribution is 2.35. The highest BCUT2D eigenvalue weighted by Gasteiger charge is 2.18. The lowest BCUT2D eigenvalue weighted by Gasteiger charge is -2.22. The number of thiophene rings is 1. The number of benzene rings is 1. The van der Waals surface area contributed by atoms with E-state index < -0.39 is 0 Å².